The minimum Gasteiger partial charge on any atom is -0.497 e. The van der Waals surface area contributed by atoms with Gasteiger partial charge in [-0.3, -0.25) is 0 Å². The van der Waals surface area contributed by atoms with E-state index in [2.05, 4.69) is 5.32 Å². The molecule has 0 aliphatic carbocycles. The third-order valence-corrected chi connectivity index (χ3v) is 2.23. The van der Waals surface area contributed by atoms with E-state index in [-0.39, 0.29) is 19.8 Å². The molecule has 0 heterocycles. The average molecular weight is 255 g/mol. The van der Waals surface area contributed by atoms with Crippen molar-refractivity contribution in [1.29, 1.82) is 0 Å². The first-order valence-electron chi connectivity index (χ1n) is 5.43. The molecule has 6 nitrogen and oxygen atoms in total. The molecule has 0 aliphatic rings. The molecule has 0 fully saturated rings. The highest BCUT2D eigenvalue weighted by Crippen LogP contribution is 2.24. The molecule has 100 valence electrons. The van der Waals surface area contributed by atoms with Crippen LogP contribution in [-0.2, 0) is 11.3 Å². The van der Waals surface area contributed by atoms with Crippen LogP contribution in [0.25, 0.3) is 0 Å². The van der Waals surface area contributed by atoms with Gasteiger partial charge in [0.25, 0.3) is 0 Å². The van der Waals surface area contributed by atoms with Crippen molar-refractivity contribution in [2.45, 2.75) is 6.61 Å². The number of carbonyl (C=O) groups excluding carboxylic acids is 1. The lowest BCUT2D eigenvalue weighted by Gasteiger charge is -2.11. The van der Waals surface area contributed by atoms with Crippen LogP contribution in [0.2, 0.25) is 0 Å². The fourth-order valence-corrected chi connectivity index (χ4v) is 1.35. The normalized spacial score (nSPS) is 9.72. The zero-order chi connectivity index (χ0) is 13.4. The number of aliphatic hydroxyl groups excluding tert-OH is 1. The van der Waals surface area contributed by atoms with Crippen molar-refractivity contribution in [2.75, 3.05) is 27.4 Å². The highest BCUT2D eigenvalue weighted by molar-refractivity contribution is 5.67. The Morgan fingerprint density at radius 2 is 2.11 bits per heavy atom. The number of methoxy groups -OCH3 is 2. The van der Waals surface area contributed by atoms with Crippen LogP contribution in [0.3, 0.4) is 0 Å². The van der Waals surface area contributed by atoms with Gasteiger partial charge in [-0.25, -0.2) is 4.79 Å². The Hall–Kier alpha value is -1.95. The number of amides is 1. The van der Waals surface area contributed by atoms with Crippen LogP contribution in [0.5, 0.6) is 11.5 Å². The zero-order valence-corrected chi connectivity index (χ0v) is 10.4. The molecule has 2 N–H and O–H groups in total. The van der Waals surface area contributed by atoms with Crippen LogP contribution in [0.4, 0.5) is 4.79 Å². The molecule has 0 bridgehead atoms. The van der Waals surface area contributed by atoms with E-state index in [9.17, 15) is 4.79 Å². The van der Waals surface area contributed by atoms with Crippen molar-refractivity contribution in [2.24, 2.45) is 0 Å². The molecule has 0 saturated carbocycles. The Labute approximate surface area is 105 Å². The number of alkyl carbamates (subject to hydrolysis) is 1. The van der Waals surface area contributed by atoms with Gasteiger partial charge in [0.1, 0.15) is 18.1 Å². The molecule has 1 rings (SSSR count). The monoisotopic (exact) mass is 255 g/mol. The smallest absolute Gasteiger partial charge is 0.407 e. The van der Waals surface area contributed by atoms with Gasteiger partial charge in [-0.1, -0.05) is 0 Å². The van der Waals surface area contributed by atoms with E-state index in [1.54, 1.807) is 25.3 Å². The van der Waals surface area contributed by atoms with Crippen LogP contribution in [0.15, 0.2) is 18.2 Å². The van der Waals surface area contributed by atoms with Gasteiger partial charge in [0.15, 0.2) is 0 Å². The fraction of sp³-hybridized carbons (Fsp3) is 0.417. The van der Waals surface area contributed by atoms with E-state index in [1.165, 1.54) is 7.11 Å². The number of carbonyl (C=O) groups is 1. The highest BCUT2D eigenvalue weighted by atomic mass is 16.5. The Morgan fingerprint density at radius 1 is 1.33 bits per heavy atom. The second-order valence-electron chi connectivity index (χ2n) is 3.40. The number of hydrogen-bond donors (Lipinski definition) is 2. The third kappa shape index (κ3) is 4.14. The molecule has 0 saturated heterocycles. The summed E-state index contributed by atoms with van der Waals surface area (Å²) in [5.74, 6) is 1.27. The average Bonchev–Trinajstić information content (AvgIpc) is 2.42. The second-order valence-corrected chi connectivity index (χ2v) is 3.40. The van der Waals surface area contributed by atoms with Crippen molar-refractivity contribution in [1.82, 2.24) is 5.32 Å². The van der Waals surface area contributed by atoms with Crippen LogP contribution in [0.1, 0.15) is 5.56 Å². The summed E-state index contributed by atoms with van der Waals surface area (Å²) < 4.78 is 15.2. The number of rotatable bonds is 6. The van der Waals surface area contributed by atoms with E-state index < -0.39 is 6.09 Å². The van der Waals surface area contributed by atoms with Gasteiger partial charge in [0.2, 0.25) is 0 Å². The van der Waals surface area contributed by atoms with Crippen molar-refractivity contribution in [3.8, 4) is 11.5 Å². The summed E-state index contributed by atoms with van der Waals surface area (Å²) >= 11 is 0. The maximum Gasteiger partial charge on any atom is 0.407 e. The van der Waals surface area contributed by atoms with Gasteiger partial charge >= 0.3 is 6.09 Å². The predicted molar refractivity (Wildman–Crippen MR) is 64.8 cm³/mol. The van der Waals surface area contributed by atoms with Crippen LogP contribution < -0.4 is 14.8 Å². The topological polar surface area (TPSA) is 77.0 Å². The van der Waals surface area contributed by atoms with E-state index >= 15 is 0 Å². The van der Waals surface area contributed by atoms with Gasteiger partial charge < -0.3 is 24.6 Å². The minimum atomic E-state index is -0.589. The van der Waals surface area contributed by atoms with E-state index in [0.29, 0.717) is 17.1 Å². The summed E-state index contributed by atoms with van der Waals surface area (Å²) in [6, 6.07) is 5.23. The Kier molecular flexibility index (Phi) is 5.79. The van der Waals surface area contributed by atoms with Crippen LogP contribution >= 0.6 is 0 Å². The van der Waals surface area contributed by atoms with Gasteiger partial charge in [0, 0.05) is 12.1 Å². The molecule has 0 radical (unpaired) electrons. The minimum absolute atomic E-state index is 0.0671. The van der Waals surface area contributed by atoms with Crippen molar-refractivity contribution in [3.05, 3.63) is 23.8 Å². The SMILES string of the molecule is COc1ccc(OC)c(COC(=O)NCCO)c1. The summed E-state index contributed by atoms with van der Waals surface area (Å²) in [4.78, 5) is 11.2. The van der Waals surface area contributed by atoms with E-state index in [1.807, 2.05) is 0 Å². The summed E-state index contributed by atoms with van der Waals surface area (Å²) in [5, 5.41) is 10.9. The second kappa shape index (κ2) is 7.39. The number of nitrogens with one attached hydrogen (secondary N) is 1. The molecule has 0 spiro atoms. The molecule has 0 atom stereocenters. The highest BCUT2D eigenvalue weighted by Gasteiger charge is 2.08. The molecule has 1 aromatic rings. The van der Waals surface area contributed by atoms with Crippen molar-refractivity contribution in [3.63, 3.8) is 0 Å². The molecular formula is C12H17NO5. The Bertz CT molecular complexity index is 394. The maximum absolute atomic E-state index is 11.2. The first-order chi connectivity index (χ1) is 8.71. The molecule has 0 aliphatic heterocycles. The number of hydrogen-bond acceptors (Lipinski definition) is 5. The van der Waals surface area contributed by atoms with Gasteiger partial charge in [-0.15, -0.1) is 0 Å². The molecule has 0 aromatic heterocycles. The third-order valence-electron chi connectivity index (χ3n) is 2.23. The summed E-state index contributed by atoms with van der Waals surface area (Å²) in [6.45, 7) is 0.100. The first-order valence-corrected chi connectivity index (χ1v) is 5.43. The van der Waals surface area contributed by atoms with Gasteiger partial charge in [0.05, 0.1) is 20.8 Å². The predicted octanol–water partition coefficient (Wildman–Crippen LogP) is 0.922. The Morgan fingerprint density at radius 3 is 2.72 bits per heavy atom. The largest absolute Gasteiger partial charge is 0.497 e. The maximum atomic E-state index is 11.2. The zero-order valence-electron chi connectivity index (χ0n) is 10.4. The molecule has 6 heteroatoms. The summed E-state index contributed by atoms with van der Waals surface area (Å²) in [7, 11) is 3.09. The van der Waals surface area contributed by atoms with Gasteiger partial charge in [-0.2, -0.15) is 0 Å². The quantitative estimate of drug-likeness (QED) is 0.790. The molecule has 18 heavy (non-hydrogen) atoms. The van der Waals surface area contributed by atoms with Crippen molar-refractivity contribution >= 4 is 6.09 Å². The fourth-order valence-electron chi connectivity index (χ4n) is 1.35. The standard InChI is InChI=1S/C12H17NO5/c1-16-10-3-4-11(17-2)9(7-10)8-18-12(15)13-5-6-14/h3-4,7,14H,5-6,8H2,1-2H3,(H,13,15). The van der Waals surface area contributed by atoms with Gasteiger partial charge in [-0.05, 0) is 18.2 Å². The first kappa shape index (κ1) is 14.1. The lowest BCUT2D eigenvalue weighted by molar-refractivity contribution is 0.136. The molecule has 0 unspecified atom stereocenters. The Balaban J connectivity index is 2.62. The lowest BCUT2D eigenvalue weighted by Crippen LogP contribution is -2.27. The van der Waals surface area contributed by atoms with Crippen LogP contribution in [-0.4, -0.2) is 38.6 Å². The van der Waals surface area contributed by atoms with Crippen LogP contribution in [0, 0.1) is 0 Å². The molecular weight excluding hydrogens is 238 g/mol. The molecule has 1 amide bonds. The van der Waals surface area contributed by atoms with Crippen molar-refractivity contribution < 1.29 is 24.1 Å². The molecule has 1 aromatic carbocycles. The lowest BCUT2D eigenvalue weighted by atomic mass is 10.2. The summed E-state index contributed by atoms with van der Waals surface area (Å²) in [6.07, 6.45) is -0.589. The number of benzene rings is 1. The van der Waals surface area contributed by atoms with E-state index in [0.717, 1.165) is 0 Å². The van der Waals surface area contributed by atoms with E-state index in [4.69, 9.17) is 19.3 Å². The summed E-state index contributed by atoms with van der Waals surface area (Å²) in [5.41, 5.74) is 0.705. The number of aliphatic hydroxyl groups is 1. The number of ether oxygens (including phenoxy) is 3.